The van der Waals surface area contributed by atoms with E-state index in [0.717, 1.165) is 16.7 Å². The summed E-state index contributed by atoms with van der Waals surface area (Å²) in [6.07, 6.45) is 0. The number of amidine groups is 1. The number of nitrogens with zero attached hydrogens (tertiary/aromatic N) is 1. The molecule has 1 rings (SSSR count). The van der Waals surface area contributed by atoms with Crippen LogP contribution >= 0.6 is 0 Å². The van der Waals surface area contributed by atoms with E-state index in [1.165, 1.54) is 0 Å². The van der Waals surface area contributed by atoms with Crippen molar-refractivity contribution in [1.29, 1.82) is 10.8 Å². The van der Waals surface area contributed by atoms with Gasteiger partial charge in [-0.3, -0.25) is 15.8 Å². The number of hydrogen-bond acceptors (Lipinski definition) is 3. The number of hydrogen-bond donors (Lipinski definition) is 3. The van der Waals surface area contributed by atoms with Crippen LogP contribution in [-0.2, 0) is 5.41 Å². The highest BCUT2D eigenvalue weighted by molar-refractivity contribution is 6.70. The van der Waals surface area contributed by atoms with Crippen LogP contribution in [0.4, 0.5) is 0 Å². The Kier molecular flexibility index (Phi) is 4.84. The first-order valence-corrected chi connectivity index (χ1v) is 6.80. The van der Waals surface area contributed by atoms with Gasteiger partial charge in [-0.15, -0.1) is 0 Å². The normalized spacial score (nSPS) is 12.1. The molecule has 0 radical (unpaired) electrons. The zero-order valence-corrected chi connectivity index (χ0v) is 13.5. The zero-order chi connectivity index (χ0) is 16.4. The Morgan fingerprint density at radius 2 is 1.76 bits per heavy atom. The molecule has 0 saturated heterocycles. The Bertz CT molecular complexity index is 631. The molecule has 4 heteroatoms. The highest BCUT2D eigenvalue weighted by atomic mass is 14.8. The van der Waals surface area contributed by atoms with Crippen LogP contribution in [-0.4, -0.2) is 24.3 Å². The Balaban J connectivity index is 3.54. The minimum atomic E-state index is -0.198. The average Bonchev–Trinajstić information content (AvgIpc) is 2.37. The summed E-state index contributed by atoms with van der Waals surface area (Å²) in [5.41, 5.74) is 9.44. The molecule has 1 aromatic carbocycles. The van der Waals surface area contributed by atoms with Gasteiger partial charge >= 0.3 is 0 Å². The summed E-state index contributed by atoms with van der Waals surface area (Å²) in [7, 11) is 1.54. The molecule has 0 amide bonds. The number of allylic oxidation sites excluding steroid dienone is 1. The molecule has 4 nitrogen and oxygen atoms in total. The van der Waals surface area contributed by atoms with E-state index in [4.69, 9.17) is 16.6 Å². The second-order valence-corrected chi connectivity index (χ2v) is 6.15. The lowest BCUT2D eigenvalue weighted by molar-refractivity contribution is 0.590. The van der Waals surface area contributed by atoms with Crippen molar-refractivity contribution in [2.45, 2.75) is 33.1 Å². The molecule has 0 saturated carbocycles. The molecule has 0 fully saturated rings. The van der Waals surface area contributed by atoms with Crippen LogP contribution in [0.5, 0.6) is 0 Å². The molecule has 0 aliphatic carbocycles. The summed E-state index contributed by atoms with van der Waals surface area (Å²) in [5.74, 6) is -0.198. The topological polar surface area (TPSA) is 86.1 Å². The second kappa shape index (κ2) is 6.04. The number of rotatable bonds is 4. The summed E-state index contributed by atoms with van der Waals surface area (Å²) in [4.78, 5) is 3.97. The molecule has 112 valence electrons. The predicted molar refractivity (Wildman–Crippen MR) is 92.0 cm³/mol. The van der Waals surface area contributed by atoms with Crippen molar-refractivity contribution in [3.63, 3.8) is 0 Å². The van der Waals surface area contributed by atoms with Crippen LogP contribution in [0.2, 0.25) is 0 Å². The molecule has 1 aromatic rings. The maximum atomic E-state index is 8.36. The minimum Gasteiger partial charge on any atom is -0.382 e. The summed E-state index contributed by atoms with van der Waals surface area (Å²) >= 11 is 0. The maximum absolute atomic E-state index is 8.36. The summed E-state index contributed by atoms with van der Waals surface area (Å²) < 4.78 is 0. The predicted octanol–water partition coefficient (Wildman–Crippen LogP) is 3.39. The highest BCUT2D eigenvalue weighted by Gasteiger charge is 2.20. The molecule has 0 aromatic heterocycles. The zero-order valence-electron chi connectivity index (χ0n) is 13.5. The van der Waals surface area contributed by atoms with Crippen LogP contribution in [0.3, 0.4) is 0 Å². The van der Waals surface area contributed by atoms with E-state index in [9.17, 15) is 0 Å². The molecular weight excluding hydrogens is 260 g/mol. The van der Waals surface area contributed by atoms with E-state index in [1.807, 2.05) is 19.1 Å². The van der Waals surface area contributed by atoms with Crippen LogP contribution in [0.15, 0.2) is 29.8 Å². The van der Waals surface area contributed by atoms with Gasteiger partial charge in [-0.25, -0.2) is 0 Å². The molecule has 4 N–H and O–H groups in total. The SMILES string of the molecule is C=C(C)c1ccc(C(C)(C)C)cc1C(=N)C(=NC)C(=N)N. The first kappa shape index (κ1) is 16.8. The van der Waals surface area contributed by atoms with Gasteiger partial charge < -0.3 is 5.73 Å². The fourth-order valence-corrected chi connectivity index (χ4v) is 2.08. The quantitative estimate of drug-likeness (QED) is 0.574. The largest absolute Gasteiger partial charge is 0.382 e. The van der Waals surface area contributed by atoms with Crippen molar-refractivity contribution < 1.29 is 0 Å². The van der Waals surface area contributed by atoms with E-state index in [1.54, 1.807) is 7.05 Å². The van der Waals surface area contributed by atoms with E-state index < -0.39 is 0 Å². The van der Waals surface area contributed by atoms with Gasteiger partial charge in [0.2, 0.25) is 0 Å². The van der Waals surface area contributed by atoms with Crippen molar-refractivity contribution in [3.05, 3.63) is 41.5 Å². The first-order valence-electron chi connectivity index (χ1n) is 6.80. The number of nitrogens with two attached hydrogens (primary N) is 1. The van der Waals surface area contributed by atoms with Crippen LogP contribution < -0.4 is 5.73 Å². The average molecular weight is 284 g/mol. The molecule has 0 aliphatic heterocycles. The lowest BCUT2D eigenvalue weighted by Gasteiger charge is -2.22. The standard InChI is InChI=1S/C17H24N4/c1-10(2)12-8-7-11(17(3,4)5)9-13(12)14(18)15(21-6)16(19)20/h7-9,18H,1H2,2-6H3,(H3,19,20). The maximum Gasteiger partial charge on any atom is 0.143 e. The third-order valence-corrected chi connectivity index (χ3v) is 3.33. The first-order chi connectivity index (χ1) is 9.59. The lowest BCUT2D eigenvalue weighted by Crippen LogP contribution is -2.31. The Labute approximate surface area is 126 Å². The third-order valence-electron chi connectivity index (χ3n) is 3.33. The minimum absolute atomic E-state index is 0.0254. The summed E-state index contributed by atoms with van der Waals surface area (Å²) in [5, 5.41) is 15.9. The third kappa shape index (κ3) is 3.66. The van der Waals surface area contributed by atoms with Crippen molar-refractivity contribution in [1.82, 2.24) is 0 Å². The fraction of sp³-hybridized carbons (Fsp3) is 0.353. The van der Waals surface area contributed by atoms with Gasteiger partial charge in [0, 0.05) is 12.6 Å². The van der Waals surface area contributed by atoms with Gasteiger partial charge in [-0.2, -0.15) is 0 Å². The lowest BCUT2D eigenvalue weighted by atomic mass is 9.83. The van der Waals surface area contributed by atoms with Gasteiger partial charge in [0.05, 0.1) is 5.71 Å². The van der Waals surface area contributed by atoms with Gasteiger partial charge in [0.1, 0.15) is 11.5 Å². The van der Waals surface area contributed by atoms with E-state index in [-0.39, 0.29) is 22.7 Å². The molecule has 0 bridgehead atoms. The molecule has 0 unspecified atom stereocenters. The molecule has 0 heterocycles. The van der Waals surface area contributed by atoms with Crippen molar-refractivity contribution in [2.75, 3.05) is 7.05 Å². The van der Waals surface area contributed by atoms with Gasteiger partial charge in [0.25, 0.3) is 0 Å². The molecule has 21 heavy (non-hydrogen) atoms. The summed E-state index contributed by atoms with van der Waals surface area (Å²) in [6.45, 7) is 12.2. The molecule has 0 aliphatic rings. The van der Waals surface area contributed by atoms with Crippen molar-refractivity contribution >= 4 is 22.8 Å². The van der Waals surface area contributed by atoms with Crippen molar-refractivity contribution in [3.8, 4) is 0 Å². The van der Waals surface area contributed by atoms with Crippen LogP contribution in [0, 0.1) is 10.8 Å². The Morgan fingerprint density at radius 1 is 1.19 bits per heavy atom. The van der Waals surface area contributed by atoms with Crippen molar-refractivity contribution in [2.24, 2.45) is 10.7 Å². The molecule has 0 spiro atoms. The number of nitrogens with one attached hydrogen (secondary N) is 2. The fourth-order valence-electron chi connectivity index (χ4n) is 2.08. The van der Waals surface area contributed by atoms with Gasteiger partial charge in [0.15, 0.2) is 0 Å². The Morgan fingerprint density at radius 3 is 2.14 bits per heavy atom. The molecule has 0 atom stereocenters. The number of benzene rings is 1. The van der Waals surface area contributed by atoms with E-state index in [0.29, 0.717) is 5.56 Å². The van der Waals surface area contributed by atoms with E-state index >= 15 is 0 Å². The highest BCUT2D eigenvalue weighted by Crippen LogP contribution is 2.27. The van der Waals surface area contributed by atoms with Crippen LogP contribution in [0.25, 0.3) is 5.57 Å². The molecular formula is C17H24N4. The Hall–Kier alpha value is -2.23. The summed E-state index contributed by atoms with van der Waals surface area (Å²) in [6, 6.07) is 6.00. The monoisotopic (exact) mass is 284 g/mol. The van der Waals surface area contributed by atoms with Gasteiger partial charge in [-0.05, 0) is 29.5 Å². The smallest absolute Gasteiger partial charge is 0.143 e. The van der Waals surface area contributed by atoms with Gasteiger partial charge in [-0.1, -0.05) is 45.1 Å². The van der Waals surface area contributed by atoms with Crippen LogP contribution in [0.1, 0.15) is 44.4 Å². The van der Waals surface area contributed by atoms with E-state index in [2.05, 4.69) is 38.4 Å². The second-order valence-electron chi connectivity index (χ2n) is 6.15. The number of aliphatic imine (C=N–C) groups is 1.